The molecule has 146 valence electrons. The summed E-state index contributed by atoms with van der Waals surface area (Å²) in [6, 6.07) is 19.6. The number of hydrogen-bond donors (Lipinski definition) is 0. The molecule has 0 amide bonds. The van der Waals surface area contributed by atoms with Crippen LogP contribution in [0.4, 0.5) is 0 Å². The number of carbonyl (C=O) groups is 1. The van der Waals surface area contributed by atoms with Gasteiger partial charge in [0.25, 0.3) is 0 Å². The van der Waals surface area contributed by atoms with Gasteiger partial charge in [-0.15, -0.1) is 0 Å². The van der Waals surface area contributed by atoms with Gasteiger partial charge in [-0.2, -0.15) is 0 Å². The monoisotopic (exact) mass is 503 g/mol. The summed E-state index contributed by atoms with van der Waals surface area (Å²) in [5.41, 5.74) is 1.38. The van der Waals surface area contributed by atoms with E-state index in [1.165, 1.54) is 0 Å². The Balaban J connectivity index is 2.74. The lowest BCUT2D eigenvalue weighted by Gasteiger charge is -2.29. The van der Waals surface area contributed by atoms with Gasteiger partial charge in [0, 0.05) is 24.0 Å². The van der Waals surface area contributed by atoms with E-state index in [1.807, 2.05) is 60.7 Å². The molecule has 0 bridgehead atoms. The fourth-order valence-corrected chi connectivity index (χ4v) is 3.86. The van der Waals surface area contributed by atoms with E-state index in [0.717, 1.165) is 16.8 Å². The SMILES string of the molecule is C=C(Br)CC(CC(=C)Br)(N=C(c1ccccc1)c1ccccc1)C(=O)OCC. The van der Waals surface area contributed by atoms with Gasteiger partial charge < -0.3 is 4.74 Å². The van der Waals surface area contributed by atoms with Gasteiger partial charge in [0.05, 0.1) is 12.3 Å². The van der Waals surface area contributed by atoms with Crippen LogP contribution in [-0.2, 0) is 9.53 Å². The van der Waals surface area contributed by atoms with Crippen LogP contribution < -0.4 is 0 Å². The lowest BCUT2D eigenvalue weighted by atomic mass is 9.90. The molecule has 0 aliphatic rings. The molecule has 0 spiro atoms. The van der Waals surface area contributed by atoms with Crippen molar-refractivity contribution < 1.29 is 9.53 Å². The van der Waals surface area contributed by atoms with Crippen LogP contribution in [-0.4, -0.2) is 23.8 Å². The predicted molar refractivity (Wildman–Crippen MR) is 123 cm³/mol. The van der Waals surface area contributed by atoms with Gasteiger partial charge in [-0.05, 0) is 15.9 Å². The summed E-state index contributed by atoms with van der Waals surface area (Å²) < 4.78 is 6.74. The Morgan fingerprint density at radius 1 is 0.929 bits per heavy atom. The van der Waals surface area contributed by atoms with Crippen LogP contribution in [0.25, 0.3) is 0 Å². The molecule has 3 nitrogen and oxygen atoms in total. The van der Waals surface area contributed by atoms with Gasteiger partial charge in [-0.3, -0.25) is 4.99 Å². The van der Waals surface area contributed by atoms with E-state index >= 15 is 0 Å². The fraction of sp³-hybridized carbons (Fsp3) is 0.217. The molecule has 28 heavy (non-hydrogen) atoms. The smallest absolute Gasteiger partial charge is 0.334 e. The number of ether oxygens (including phenoxy) is 1. The van der Waals surface area contributed by atoms with E-state index in [2.05, 4.69) is 45.0 Å². The third-order valence-corrected chi connectivity index (χ3v) is 4.60. The van der Waals surface area contributed by atoms with Crippen molar-refractivity contribution in [2.75, 3.05) is 6.61 Å². The molecule has 0 aromatic heterocycles. The van der Waals surface area contributed by atoms with Crippen molar-refractivity contribution in [2.24, 2.45) is 4.99 Å². The number of carbonyl (C=O) groups excluding carboxylic acids is 1. The topological polar surface area (TPSA) is 38.7 Å². The molecular weight excluding hydrogens is 482 g/mol. The lowest BCUT2D eigenvalue weighted by molar-refractivity contribution is -0.149. The molecule has 0 heterocycles. The highest BCUT2D eigenvalue weighted by atomic mass is 79.9. The zero-order chi connectivity index (χ0) is 20.6. The molecule has 0 saturated heterocycles. The summed E-state index contributed by atoms with van der Waals surface area (Å²) in [7, 11) is 0. The van der Waals surface area contributed by atoms with E-state index in [9.17, 15) is 4.79 Å². The number of nitrogens with zero attached hydrogens (tertiary/aromatic N) is 1. The Labute approximate surface area is 183 Å². The number of hydrogen-bond acceptors (Lipinski definition) is 3. The predicted octanol–water partition coefficient (Wildman–Crippen LogP) is 6.42. The molecule has 0 N–H and O–H groups in total. The highest BCUT2D eigenvalue weighted by molar-refractivity contribution is 9.12. The van der Waals surface area contributed by atoms with Gasteiger partial charge in [-0.25, -0.2) is 4.79 Å². The van der Waals surface area contributed by atoms with Crippen LogP contribution >= 0.6 is 31.9 Å². The van der Waals surface area contributed by atoms with Gasteiger partial charge in [-0.1, -0.05) is 106 Å². The van der Waals surface area contributed by atoms with Crippen LogP contribution in [0.5, 0.6) is 0 Å². The Morgan fingerprint density at radius 3 is 1.71 bits per heavy atom. The number of rotatable bonds is 9. The molecule has 0 aliphatic carbocycles. The van der Waals surface area contributed by atoms with Crippen molar-refractivity contribution in [3.63, 3.8) is 0 Å². The minimum absolute atomic E-state index is 0.269. The van der Waals surface area contributed by atoms with Crippen LogP contribution in [0.1, 0.15) is 30.9 Å². The summed E-state index contributed by atoms with van der Waals surface area (Å²) in [5, 5.41) is 0. The first kappa shape index (κ1) is 22.3. The zero-order valence-electron chi connectivity index (χ0n) is 15.8. The fourth-order valence-electron chi connectivity index (χ4n) is 2.93. The van der Waals surface area contributed by atoms with Gasteiger partial charge in [0.15, 0.2) is 5.54 Å². The summed E-state index contributed by atoms with van der Waals surface area (Å²) in [5.74, 6) is -0.402. The minimum Gasteiger partial charge on any atom is -0.464 e. The van der Waals surface area contributed by atoms with Gasteiger partial charge >= 0.3 is 5.97 Å². The molecule has 0 fully saturated rings. The van der Waals surface area contributed by atoms with Crippen LogP contribution in [0.3, 0.4) is 0 Å². The standard InChI is InChI=1S/C23H23Br2NO2/c1-4-28-22(27)23(15-17(2)24,16-18(3)25)26-21(19-11-7-5-8-12-19)20-13-9-6-10-14-20/h5-14H,2-4,15-16H2,1H3. The van der Waals surface area contributed by atoms with E-state index in [0.29, 0.717) is 21.8 Å². The van der Waals surface area contributed by atoms with E-state index in [4.69, 9.17) is 9.73 Å². The van der Waals surface area contributed by atoms with Gasteiger partial charge in [0.2, 0.25) is 0 Å². The number of benzene rings is 2. The second kappa shape index (κ2) is 10.5. The second-order valence-electron chi connectivity index (χ2n) is 6.33. The van der Waals surface area contributed by atoms with Crippen molar-refractivity contribution in [3.8, 4) is 0 Å². The maximum atomic E-state index is 13.1. The lowest BCUT2D eigenvalue weighted by Crippen LogP contribution is -2.40. The van der Waals surface area contributed by atoms with E-state index in [1.54, 1.807) is 6.92 Å². The average Bonchev–Trinajstić information content (AvgIpc) is 2.66. The maximum Gasteiger partial charge on any atom is 0.334 e. The first-order valence-corrected chi connectivity index (χ1v) is 10.5. The average molecular weight is 505 g/mol. The molecular formula is C23H23Br2NO2. The first-order chi connectivity index (χ1) is 13.4. The third kappa shape index (κ3) is 6.01. The Bertz CT molecular complexity index is 803. The van der Waals surface area contributed by atoms with Crippen molar-refractivity contribution in [3.05, 3.63) is 93.9 Å². The van der Waals surface area contributed by atoms with Crippen molar-refractivity contribution >= 4 is 43.5 Å². The highest BCUT2D eigenvalue weighted by Crippen LogP contribution is 2.34. The quantitative estimate of drug-likeness (QED) is 0.291. The molecule has 0 atom stereocenters. The molecule has 0 saturated carbocycles. The first-order valence-electron chi connectivity index (χ1n) is 8.92. The summed E-state index contributed by atoms with van der Waals surface area (Å²) in [4.78, 5) is 18.1. The molecule has 5 heteroatoms. The van der Waals surface area contributed by atoms with Crippen molar-refractivity contribution in [1.29, 1.82) is 0 Å². The normalized spacial score (nSPS) is 10.8. The summed E-state index contributed by atoms with van der Waals surface area (Å²) in [6.45, 7) is 9.93. The van der Waals surface area contributed by atoms with Crippen LogP contribution in [0, 0.1) is 0 Å². The minimum atomic E-state index is -1.18. The summed E-state index contributed by atoms with van der Waals surface area (Å²) in [6.07, 6.45) is 0.583. The molecule has 2 aromatic rings. The Kier molecular flexibility index (Phi) is 8.39. The Hall–Kier alpha value is -1.98. The third-order valence-electron chi connectivity index (χ3n) is 4.04. The maximum absolute atomic E-state index is 13.1. The van der Waals surface area contributed by atoms with Gasteiger partial charge in [0.1, 0.15) is 0 Å². The number of aliphatic imine (C=N–C) groups is 1. The molecule has 2 aromatic carbocycles. The largest absolute Gasteiger partial charge is 0.464 e. The van der Waals surface area contributed by atoms with E-state index in [-0.39, 0.29) is 6.61 Å². The van der Waals surface area contributed by atoms with Crippen LogP contribution in [0.2, 0.25) is 0 Å². The second-order valence-corrected chi connectivity index (χ2v) is 8.58. The number of halogens is 2. The van der Waals surface area contributed by atoms with Crippen molar-refractivity contribution in [2.45, 2.75) is 25.3 Å². The van der Waals surface area contributed by atoms with E-state index < -0.39 is 11.5 Å². The molecule has 0 radical (unpaired) electrons. The van der Waals surface area contributed by atoms with Crippen molar-refractivity contribution in [1.82, 2.24) is 0 Å². The zero-order valence-corrected chi connectivity index (χ0v) is 19.0. The number of esters is 1. The molecule has 0 unspecified atom stereocenters. The van der Waals surface area contributed by atoms with Crippen LogP contribution in [0.15, 0.2) is 87.8 Å². The molecule has 2 rings (SSSR count). The highest BCUT2D eigenvalue weighted by Gasteiger charge is 2.41. The molecule has 0 aliphatic heterocycles. The summed E-state index contributed by atoms with van der Waals surface area (Å²) >= 11 is 6.81. The Morgan fingerprint density at radius 2 is 1.36 bits per heavy atom.